The van der Waals surface area contributed by atoms with E-state index >= 15 is 0 Å². The lowest BCUT2D eigenvalue weighted by molar-refractivity contribution is -0.384. The minimum Gasteiger partial charge on any atom is -0.333 e. The molecule has 1 aromatic carbocycles. The molecule has 0 aliphatic heterocycles. The van der Waals surface area contributed by atoms with Crippen molar-refractivity contribution in [1.82, 2.24) is 14.7 Å². The smallest absolute Gasteiger partial charge is 0.329 e. The van der Waals surface area contributed by atoms with Gasteiger partial charge in [0.25, 0.3) is 0 Å². The third-order valence-corrected chi connectivity index (χ3v) is 4.29. The first-order valence-corrected chi connectivity index (χ1v) is 7.68. The molecule has 0 unspecified atom stereocenters. The Morgan fingerprint density at radius 3 is 2.64 bits per heavy atom. The van der Waals surface area contributed by atoms with Gasteiger partial charge in [-0.2, -0.15) is 4.98 Å². The summed E-state index contributed by atoms with van der Waals surface area (Å²) in [5, 5.41) is 13.4. The zero-order valence-corrected chi connectivity index (χ0v) is 12.7. The summed E-state index contributed by atoms with van der Waals surface area (Å²) in [4.78, 5) is 17.4. The van der Waals surface area contributed by atoms with Gasteiger partial charge in [0.1, 0.15) is 11.1 Å². The van der Waals surface area contributed by atoms with Crippen LogP contribution in [0.1, 0.15) is 0 Å². The average Bonchev–Trinajstić information content (AvgIpc) is 2.47. The first-order chi connectivity index (χ1) is 10.3. The largest absolute Gasteiger partial charge is 0.333 e. The number of nitrogens with one attached hydrogen (secondary N) is 2. The van der Waals surface area contributed by atoms with E-state index in [0.29, 0.717) is 0 Å². The van der Waals surface area contributed by atoms with Crippen LogP contribution in [0.5, 0.6) is 0 Å². The molecule has 0 bridgehead atoms. The summed E-state index contributed by atoms with van der Waals surface area (Å²) in [5.74, 6) is -0.205. The summed E-state index contributed by atoms with van der Waals surface area (Å²) >= 11 is 5.63. The molecular formula is C11H10ClN5O4S. The lowest BCUT2D eigenvalue weighted by Crippen LogP contribution is -2.19. The van der Waals surface area contributed by atoms with E-state index in [9.17, 15) is 18.5 Å². The number of aromatic nitrogens is 2. The highest BCUT2D eigenvalue weighted by Gasteiger charge is 2.21. The van der Waals surface area contributed by atoms with Crippen LogP contribution in [-0.4, -0.2) is 30.4 Å². The van der Waals surface area contributed by atoms with Gasteiger partial charge in [-0.3, -0.25) is 10.1 Å². The molecule has 1 aromatic heterocycles. The molecule has 2 aromatic rings. The molecule has 0 aliphatic rings. The van der Waals surface area contributed by atoms with Crippen LogP contribution >= 0.6 is 11.6 Å². The maximum atomic E-state index is 12.0. The number of sulfonamides is 1. The van der Waals surface area contributed by atoms with Gasteiger partial charge >= 0.3 is 5.69 Å². The van der Waals surface area contributed by atoms with E-state index in [1.54, 1.807) is 6.07 Å². The van der Waals surface area contributed by atoms with Gasteiger partial charge < -0.3 is 5.32 Å². The van der Waals surface area contributed by atoms with Gasteiger partial charge in [-0.05, 0) is 30.8 Å². The number of anilines is 2. The van der Waals surface area contributed by atoms with Crippen molar-refractivity contribution in [2.75, 3.05) is 12.4 Å². The number of halogens is 1. The zero-order valence-electron chi connectivity index (χ0n) is 11.1. The molecule has 0 atom stereocenters. The SMILES string of the molecule is CNS(=O)(=O)c1ccccc1Nc1nc(Cl)ncc1[N+](=O)[O-]. The summed E-state index contributed by atoms with van der Waals surface area (Å²) in [5.41, 5.74) is -0.309. The quantitative estimate of drug-likeness (QED) is 0.480. The standard InChI is InChI=1S/C11H10ClN5O4S/c1-13-22(20,21)9-5-3-2-4-7(9)15-10-8(17(18)19)6-14-11(12)16-10/h2-6,13H,1H3,(H,14,15,16). The number of nitrogens with zero attached hydrogens (tertiary/aromatic N) is 3. The van der Waals surface area contributed by atoms with E-state index in [4.69, 9.17) is 11.6 Å². The van der Waals surface area contributed by atoms with Gasteiger partial charge in [-0.15, -0.1) is 0 Å². The van der Waals surface area contributed by atoms with Crippen LogP contribution in [-0.2, 0) is 10.0 Å². The van der Waals surface area contributed by atoms with Crippen LogP contribution in [0, 0.1) is 10.1 Å². The van der Waals surface area contributed by atoms with Crippen LogP contribution in [0.2, 0.25) is 5.28 Å². The highest BCUT2D eigenvalue weighted by molar-refractivity contribution is 7.89. The van der Waals surface area contributed by atoms with E-state index in [1.165, 1.54) is 25.2 Å². The number of para-hydroxylation sites is 1. The van der Waals surface area contributed by atoms with Crippen molar-refractivity contribution < 1.29 is 13.3 Å². The Morgan fingerprint density at radius 2 is 2.00 bits per heavy atom. The van der Waals surface area contributed by atoms with Crippen molar-refractivity contribution in [3.8, 4) is 0 Å². The van der Waals surface area contributed by atoms with Crippen LogP contribution in [0.4, 0.5) is 17.2 Å². The first kappa shape index (κ1) is 16.1. The molecule has 116 valence electrons. The van der Waals surface area contributed by atoms with E-state index in [2.05, 4.69) is 20.0 Å². The topological polar surface area (TPSA) is 127 Å². The van der Waals surface area contributed by atoms with E-state index in [-0.39, 0.29) is 21.7 Å². The second-order valence-electron chi connectivity index (χ2n) is 3.96. The zero-order chi connectivity index (χ0) is 16.3. The Balaban J connectivity index is 2.54. The third kappa shape index (κ3) is 3.30. The molecule has 0 amide bonds. The highest BCUT2D eigenvalue weighted by atomic mass is 35.5. The molecule has 2 N–H and O–H groups in total. The minimum atomic E-state index is -3.75. The monoisotopic (exact) mass is 343 g/mol. The molecule has 0 radical (unpaired) electrons. The van der Waals surface area contributed by atoms with Crippen LogP contribution < -0.4 is 10.0 Å². The normalized spacial score (nSPS) is 11.2. The van der Waals surface area contributed by atoms with Gasteiger partial charge in [-0.1, -0.05) is 12.1 Å². The van der Waals surface area contributed by atoms with Gasteiger partial charge in [0.15, 0.2) is 0 Å². The Hall–Kier alpha value is -2.30. The lowest BCUT2D eigenvalue weighted by atomic mass is 10.3. The Morgan fingerprint density at radius 1 is 1.32 bits per heavy atom. The number of benzene rings is 1. The van der Waals surface area contributed by atoms with Gasteiger partial charge in [0.05, 0.1) is 10.6 Å². The van der Waals surface area contributed by atoms with Crippen molar-refractivity contribution in [1.29, 1.82) is 0 Å². The molecule has 11 heteroatoms. The number of hydrogen-bond donors (Lipinski definition) is 2. The van der Waals surface area contributed by atoms with Gasteiger partial charge in [0, 0.05) is 0 Å². The fourth-order valence-electron chi connectivity index (χ4n) is 1.62. The maximum absolute atomic E-state index is 12.0. The summed E-state index contributed by atoms with van der Waals surface area (Å²) in [6, 6.07) is 5.90. The molecule has 0 fully saturated rings. The van der Waals surface area contributed by atoms with Crippen molar-refractivity contribution >= 4 is 38.8 Å². The summed E-state index contributed by atoms with van der Waals surface area (Å²) in [7, 11) is -2.49. The molecular weight excluding hydrogens is 334 g/mol. The lowest BCUT2D eigenvalue weighted by Gasteiger charge is -2.11. The molecule has 2 rings (SSSR count). The fraction of sp³-hybridized carbons (Fsp3) is 0.0909. The van der Waals surface area contributed by atoms with Crippen molar-refractivity contribution in [2.24, 2.45) is 0 Å². The summed E-state index contributed by atoms with van der Waals surface area (Å²) in [6.07, 6.45) is 0.937. The minimum absolute atomic E-state index is 0.0819. The first-order valence-electron chi connectivity index (χ1n) is 5.81. The second kappa shape index (κ2) is 6.22. The Bertz CT molecular complexity index is 827. The van der Waals surface area contributed by atoms with Crippen LogP contribution in [0.15, 0.2) is 35.4 Å². The van der Waals surface area contributed by atoms with Crippen molar-refractivity contribution in [3.63, 3.8) is 0 Å². The second-order valence-corrected chi connectivity index (χ2v) is 6.15. The summed E-state index contributed by atoms with van der Waals surface area (Å²) < 4.78 is 26.1. The average molecular weight is 344 g/mol. The molecule has 1 heterocycles. The Kier molecular flexibility index (Phi) is 4.54. The van der Waals surface area contributed by atoms with Crippen molar-refractivity contribution in [3.05, 3.63) is 45.9 Å². The fourth-order valence-corrected chi connectivity index (χ4v) is 2.64. The summed E-state index contributed by atoms with van der Waals surface area (Å²) in [6.45, 7) is 0. The number of nitro groups is 1. The molecule has 0 spiro atoms. The third-order valence-electron chi connectivity index (χ3n) is 2.64. The van der Waals surface area contributed by atoms with Crippen LogP contribution in [0.25, 0.3) is 0 Å². The Labute approximate surface area is 130 Å². The van der Waals surface area contributed by atoms with Crippen molar-refractivity contribution in [2.45, 2.75) is 4.90 Å². The van der Waals surface area contributed by atoms with Crippen LogP contribution in [0.3, 0.4) is 0 Å². The molecule has 0 saturated heterocycles. The molecule has 0 aliphatic carbocycles. The van der Waals surface area contributed by atoms with E-state index < -0.39 is 20.6 Å². The van der Waals surface area contributed by atoms with Gasteiger partial charge in [-0.25, -0.2) is 18.1 Å². The van der Waals surface area contributed by atoms with E-state index in [0.717, 1.165) is 6.20 Å². The number of rotatable bonds is 5. The molecule has 0 saturated carbocycles. The van der Waals surface area contributed by atoms with E-state index in [1.807, 2.05) is 0 Å². The highest BCUT2D eigenvalue weighted by Crippen LogP contribution is 2.29. The van der Waals surface area contributed by atoms with Gasteiger partial charge in [0.2, 0.25) is 21.1 Å². The maximum Gasteiger partial charge on any atom is 0.329 e. The predicted molar refractivity (Wildman–Crippen MR) is 79.7 cm³/mol. The molecule has 9 nitrogen and oxygen atoms in total. The molecule has 22 heavy (non-hydrogen) atoms. The predicted octanol–water partition coefficient (Wildman–Crippen LogP) is 1.69. The number of hydrogen-bond acceptors (Lipinski definition) is 7.